The summed E-state index contributed by atoms with van der Waals surface area (Å²) in [5.41, 5.74) is 1.70. The van der Waals surface area contributed by atoms with E-state index >= 15 is 0 Å². The molecule has 5 nitrogen and oxygen atoms in total. The quantitative estimate of drug-likeness (QED) is 0.259. The van der Waals surface area contributed by atoms with Crippen molar-refractivity contribution in [2.45, 2.75) is 25.9 Å². The molecule has 1 atom stereocenters. The molecule has 0 saturated heterocycles. The smallest absolute Gasteiger partial charge is 0.261 e. The number of carbonyl (C=O) groups excluding carboxylic acids is 2. The second-order valence-electron chi connectivity index (χ2n) is 8.64. The lowest BCUT2D eigenvalue weighted by Gasteiger charge is -2.31. The van der Waals surface area contributed by atoms with Crippen molar-refractivity contribution in [3.8, 4) is 5.75 Å². The van der Waals surface area contributed by atoms with Gasteiger partial charge >= 0.3 is 0 Å². The molecule has 7 heteroatoms. The molecular weight excluding hydrogens is 507 g/mol. The first-order chi connectivity index (χ1) is 18.0. The summed E-state index contributed by atoms with van der Waals surface area (Å²) >= 11 is 12.4. The van der Waals surface area contributed by atoms with Crippen LogP contribution in [0, 0.1) is 0 Å². The highest BCUT2D eigenvalue weighted by molar-refractivity contribution is 6.42. The molecule has 0 aromatic heterocycles. The fourth-order valence-electron chi connectivity index (χ4n) is 4.22. The van der Waals surface area contributed by atoms with E-state index in [-0.39, 0.29) is 25.0 Å². The lowest BCUT2D eigenvalue weighted by molar-refractivity contribution is -0.142. The number of amides is 2. The van der Waals surface area contributed by atoms with Crippen LogP contribution in [0.1, 0.15) is 18.1 Å². The number of ether oxygens (including phenoxy) is 1. The van der Waals surface area contributed by atoms with E-state index in [4.69, 9.17) is 27.9 Å². The summed E-state index contributed by atoms with van der Waals surface area (Å²) in [5.74, 6) is 0.0645. The highest BCUT2D eigenvalue weighted by Gasteiger charge is 2.30. The van der Waals surface area contributed by atoms with E-state index in [1.807, 2.05) is 79.7 Å². The Morgan fingerprint density at radius 1 is 0.865 bits per heavy atom. The van der Waals surface area contributed by atoms with Crippen LogP contribution in [0.15, 0.2) is 91.0 Å². The molecule has 0 aliphatic carbocycles. The van der Waals surface area contributed by atoms with Crippen LogP contribution < -0.4 is 10.1 Å². The van der Waals surface area contributed by atoms with Crippen molar-refractivity contribution in [1.29, 1.82) is 0 Å². The lowest BCUT2D eigenvalue weighted by atomic mass is 10.0. The van der Waals surface area contributed by atoms with Crippen molar-refractivity contribution < 1.29 is 14.3 Å². The Bertz CT molecular complexity index is 1370. The first-order valence-corrected chi connectivity index (χ1v) is 12.9. The minimum absolute atomic E-state index is 0.170. The van der Waals surface area contributed by atoms with Crippen LogP contribution in [-0.4, -0.2) is 35.9 Å². The number of hydrogen-bond donors (Lipinski definition) is 1. The number of hydrogen-bond acceptors (Lipinski definition) is 3. The maximum atomic E-state index is 13.7. The van der Waals surface area contributed by atoms with Gasteiger partial charge in [0.15, 0.2) is 6.61 Å². The van der Waals surface area contributed by atoms with Gasteiger partial charge < -0.3 is 15.0 Å². The Labute approximate surface area is 226 Å². The molecule has 4 rings (SSSR count). The van der Waals surface area contributed by atoms with Gasteiger partial charge in [0.05, 0.1) is 10.0 Å². The summed E-state index contributed by atoms with van der Waals surface area (Å²) in [5, 5.41) is 5.63. The molecule has 1 N–H and O–H groups in total. The second kappa shape index (κ2) is 12.6. The summed E-state index contributed by atoms with van der Waals surface area (Å²) < 4.78 is 6.01. The standard InChI is InChI=1S/C30H28Cl2N2O3/c1-2-33-30(36)27(18-21-9-4-3-5-10-21)34(19-22-15-16-25(31)26(32)17-22)29(35)20-37-28-14-8-12-23-11-6-7-13-24(23)28/h3-17,27H,2,18-20H2,1H3,(H,33,36)/t27-/m1/s1. The van der Waals surface area contributed by atoms with Gasteiger partial charge in [-0.2, -0.15) is 0 Å². The number of likely N-dealkylation sites (N-methyl/N-ethyl adjacent to an activating group) is 1. The third-order valence-corrected chi connectivity index (χ3v) is 6.80. The van der Waals surface area contributed by atoms with Gasteiger partial charge in [-0.15, -0.1) is 0 Å². The average Bonchev–Trinajstić information content (AvgIpc) is 2.92. The van der Waals surface area contributed by atoms with Crippen molar-refractivity contribution in [3.63, 3.8) is 0 Å². The highest BCUT2D eigenvalue weighted by Crippen LogP contribution is 2.26. The van der Waals surface area contributed by atoms with Gasteiger partial charge in [0.2, 0.25) is 5.91 Å². The molecule has 2 amide bonds. The molecule has 0 unspecified atom stereocenters. The molecule has 0 heterocycles. The van der Waals surface area contributed by atoms with Crippen LogP contribution in [0.4, 0.5) is 0 Å². The molecule has 0 aliphatic rings. The highest BCUT2D eigenvalue weighted by atomic mass is 35.5. The molecule has 0 radical (unpaired) electrons. The number of carbonyl (C=O) groups is 2. The minimum atomic E-state index is -0.750. The second-order valence-corrected chi connectivity index (χ2v) is 9.45. The summed E-state index contributed by atoms with van der Waals surface area (Å²) in [7, 11) is 0. The Hall–Kier alpha value is -3.54. The Morgan fingerprint density at radius 3 is 2.35 bits per heavy atom. The van der Waals surface area contributed by atoms with Crippen LogP contribution in [-0.2, 0) is 22.6 Å². The van der Waals surface area contributed by atoms with E-state index in [0.717, 1.165) is 21.9 Å². The Kier molecular flexibility index (Phi) is 9.04. The zero-order chi connectivity index (χ0) is 26.2. The SMILES string of the molecule is CCNC(=O)[C@@H](Cc1ccccc1)N(Cc1ccc(Cl)c(Cl)c1)C(=O)COc1cccc2ccccc12. The molecule has 0 saturated carbocycles. The fraction of sp³-hybridized carbons (Fsp3) is 0.200. The van der Waals surface area contributed by atoms with E-state index < -0.39 is 6.04 Å². The van der Waals surface area contributed by atoms with Crippen LogP contribution in [0.25, 0.3) is 10.8 Å². The zero-order valence-electron chi connectivity index (χ0n) is 20.5. The molecule has 4 aromatic carbocycles. The predicted octanol–water partition coefficient (Wildman–Crippen LogP) is 6.30. The van der Waals surface area contributed by atoms with E-state index in [0.29, 0.717) is 28.8 Å². The number of halogens is 2. The largest absolute Gasteiger partial charge is 0.483 e. The molecule has 0 bridgehead atoms. The normalized spacial score (nSPS) is 11.6. The molecule has 0 aliphatic heterocycles. The first-order valence-electron chi connectivity index (χ1n) is 12.1. The third-order valence-electron chi connectivity index (χ3n) is 6.06. The maximum Gasteiger partial charge on any atom is 0.261 e. The Morgan fingerprint density at radius 2 is 1.59 bits per heavy atom. The van der Waals surface area contributed by atoms with Crippen molar-refractivity contribution in [1.82, 2.24) is 10.2 Å². The maximum absolute atomic E-state index is 13.7. The molecule has 37 heavy (non-hydrogen) atoms. The minimum Gasteiger partial charge on any atom is -0.483 e. The van der Waals surface area contributed by atoms with Crippen molar-refractivity contribution >= 4 is 45.8 Å². The molecule has 0 fully saturated rings. The fourth-order valence-corrected chi connectivity index (χ4v) is 4.55. The molecule has 4 aromatic rings. The summed E-state index contributed by atoms with van der Waals surface area (Å²) in [4.78, 5) is 28.5. The van der Waals surface area contributed by atoms with Gasteiger partial charge in [-0.3, -0.25) is 9.59 Å². The van der Waals surface area contributed by atoms with Gasteiger partial charge in [-0.25, -0.2) is 0 Å². The number of nitrogens with zero attached hydrogens (tertiary/aromatic N) is 1. The van der Waals surface area contributed by atoms with Gasteiger partial charge in [0.25, 0.3) is 5.91 Å². The van der Waals surface area contributed by atoms with E-state index in [1.165, 1.54) is 0 Å². The summed E-state index contributed by atoms with van der Waals surface area (Å²) in [6.07, 6.45) is 0.355. The topological polar surface area (TPSA) is 58.6 Å². The molecule has 0 spiro atoms. The number of nitrogens with one attached hydrogen (secondary N) is 1. The zero-order valence-corrected chi connectivity index (χ0v) is 22.0. The van der Waals surface area contributed by atoms with Gasteiger partial charge in [0.1, 0.15) is 11.8 Å². The Balaban J connectivity index is 1.64. The third kappa shape index (κ3) is 6.82. The van der Waals surface area contributed by atoms with E-state index in [1.54, 1.807) is 23.1 Å². The van der Waals surface area contributed by atoms with Crippen LogP contribution in [0.3, 0.4) is 0 Å². The summed E-state index contributed by atoms with van der Waals surface area (Å²) in [6, 6.07) is 27.6. The number of benzene rings is 4. The van der Waals surface area contributed by atoms with Crippen LogP contribution in [0.5, 0.6) is 5.75 Å². The van der Waals surface area contributed by atoms with E-state index in [9.17, 15) is 9.59 Å². The first kappa shape index (κ1) is 26.5. The van der Waals surface area contributed by atoms with Crippen LogP contribution >= 0.6 is 23.2 Å². The van der Waals surface area contributed by atoms with Crippen molar-refractivity contribution in [2.75, 3.05) is 13.2 Å². The number of fused-ring (bicyclic) bond motifs is 1. The molecule has 190 valence electrons. The lowest BCUT2D eigenvalue weighted by Crippen LogP contribution is -2.51. The molecular formula is C30H28Cl2N2O3. The van der Waals surface area contributed by atoms with Gasteiger partial charge in [-0.1, -0.05) is 96.0 Å². The van der Waals surface area contributed by atoms with Crippen LogP contribution in [0.2, 0.25) is 10.0 Å². The summed E-state index contributed by atoms with van der Waals surface area (Å²) in [6.45, 7) is 2.25. The van der Waals surface area contributed by atoms with Gasteiger partial charge in [0, 0.05) is 24.9 Å². The number of rotatable bonds is 10. The average molecular weight is 535 g/mol. The predicted molar refractivity (Wildman–Crippen MR) is 149 cm³/mol. The van der Waals surface area contributed by atoms with E-state index in [2.05, 4.69) is 5.32 Å². The van der Waals surface area contributed by atoms with Crippen molar-refractivity contribution in [3.05, 3.63) is 112 Å². The van der Waals surface area contributed by atoms with Crippen molar-refractivity contribution in [2.24, 2.45) is 0 Å². The monoisotopic (exact) mass is 534 g/mol. The van der Waals surface area contributed by atoms with Gasteiger partial charge in [-0.05, 0) is 41.6 Å².